The van der Waals surface area contributed by atoms with Gasteiger partial charge in [-0.15, -0.1) is 0 Å². The highest BCUT2D eigenvalue weighted by molar-refractivity contribution is 4.93. The predicted octanol–water partition coefficient (Wildman–Crippen LogP) is 0.531. The zero-order valence-corrected chi connectivity index (χ0v) is 14.6. The number of aliphatic hydroxyl groups excluding tert-OH is 3. The molecule has 0 aromatic heterocycles. The van der Waals surface area contributed by atoms with Gasteiger partial charge in [0.05, 0.1) is 12.2 Å². The van der Waals surface area contributed by atoms with Gasteiger partial charge >= 0.3 is 0 Å². The molecule has 0 unspecified atom stereocenters. The molecule has 4 atom stereocenters. The van der Waals surface area contributed by atoms with Crippen LogP contribution in [0.25, 0.3) is 0 Å². The Kier molecular flexibility index (Phi) is 5.89. The fourth-order valence-corrected chi connectivity index (χ4v) is 3.81. The highest BCUT2D eigenvalue weighted by Crippen LogP contribution is 2.26. The molecule has 2 aliphatic rings. The minimum Gasteiger partial charge on any atom is -0.389 e. The lowest BCUT2D eigenvalue weighted by molar-refractivity contribution is -0.136. The van der Waals surface area contributed by atoms with Crippen molar-refractivity contribution in [2.75, 3.05) is 32.7 Å². The number of likely N-dealkylation sites (tertiary alicyclic amines) is 2. The van der Waals surface area contributed by atoms with Gasteiger partial charge in [-0.2, -0.15) is 0 Å². The molecule has 0 aromatic carbocycles. The highest BCUT2D eigenvalue weighted by atomic mass is 16.4. The highest BCUT2D eigenvalue weighted by Gasteiger charge is 2.39. The van der Waals surface area contributed by atoms with Crippen molar-refractivity contribution >= 4 is 0 Å². The Hall–Kier alpha value is -0.200. The van der Waals surface area contributed by atoms with E-state index in [0.29, 0.717) is 17.9 Å². The molecule has 0 aromatic rings. The molecule has 0 bridgehead atoms. The Morgan fingerprint density at radius 3 is 2.14 bits per heavy atom. The minimum absolute atomic E-state index is 0.0917. The molecule has 130 valence electrons. The first kappa shape index (κ1) is 18.1. The number of aliphatic hydroxyl groups is 3. The first-order valence-corrected chi connectivity index (χ1v) is 8.68. The van der Waals surface area contributed by atoms with Crippen molar-refractivity contribution in [1.29, 1.82) is 0 Å². The van der Waals surface area contributed by atoms with Gasteiger partial charge in [-0.3, -0.25) is 4.90 Å². The Morgan fingerprint density at radius 2 is 1.59 bits per heavy atom. The molecule has 0 amide bonds. The third-order valence-electron chi connectivity index (χ3n) is 5.13. The first-order chi connectivity index (χ1) is 10.2. The summed E-state index contributed by atoms with van der Waals surface area (Å²) in [5.41, 5.74) is 0.346. The summed E-state index contributed by atoms with van der Waals surface area (Å²) in [6.45, 7) is 13.6. The lowest BCUT2D eigenvalue weighted by atomic mass is 9.89. The number of piperidine rings is 2. The number of hydrogen-bond acceptors (Lipinski definition) is 5. The van der Waals surface area contributed by atoms with Gasteiger partial charge in [-0.25, -0.2) is 0 Å². The second kappa shape index (κ2) is 7.14. The van der Waals surface area contributed by atoms with Crippen LogP contribution in [-0.2, 0) is 0 Å². The van der Waals surface area contributed by atoms with Crippen LogP contribution in [0.2, 0.25) is 0 Å². The summed E-state index contributed by atoms with van der Waals surface area (Å²) in [6.07, 6.45) is -0.362. The number of rotatable bonds is 3. The van der Waals surface area contributed by atoms with E-state index in [1.807, 2.05) is 6.92 Å². The summed E-state index contributed by atoms with van der Waals surface area (Å²) in [5, 5.41) is 29.7. The average molecular weight is 314 g/mol. The van der Waals surface area contributed by atoms with E-state index in [1.54, 1.807) is 0 Å². The van der Waals surface area contributed by atoms with Crippen LogP contribution in [0.15, 0.2) is 0 Å². The predicted molar refractivity (Wildman–Crippen MR) is 87.7 cm³/mol. The zero-order valence-electron chi connectivity index (χ0n) is 14.6. The maximum absolute atomic E-state index is 10.0. The van der Waals surface area contributed by atoms with Gasteiger partial charge in [-0.1, -0.05) is 20.8 Å². The second-order valence-corrected chi connectivity index (χ2v) is 8.52. The van der Waals surface area contributed by atoms with Gasteiger partial charge in [0.2, 0.25) is 0 Å². The van der Waals surface area contributed by atoms with E-state index in [4.69, 9.17) is 0 Å². The Bertz CT molecular complexity index is 350. The van der Waals surface area contributed by atoms with E-state index < -0.39 is 18.3 Å². The molecule has 0 saturated carbocycles. The van der Waals surface area contributed by atoms with Crippen LogP contribution in [0, 0.1) is 11.3 Å². The van der Waals surface area contributed by atoms with Crippen molar-refractivity contribution in [2.45, 2.75) is 64.9 Å². The smallest absolute Gasteiger partial charge is 0.108 e. The van der Waals surface area contributed by atoms with Crippen LogP contribution in [0.1, 0.15) is 40.5 Å². The maximum Gasteiger partial charge on any atom is 0.108 e. The lowest BCUT2D eigenvalue weighted by Crippen LogP contribution is -2.61. The van der Waals surface area contributed by atoms with Crippen molar-refractivity contribution in [3.8, 4) is 0 Å². The second-order valence-electron chi connectivity index (χ2n) is 8.52. The molecular formula is C17H34N2O3. The number of β-amino-alcohol motifs (C(OH)–C–C–N with tert-alkyl or cyclic N) is 1. The molecule has 2 heterocycles. The van der Waals surface area contributed by atoms with Gasteiger partial charge in [0.25, 0.3) is 0 Å². The van der Waals surface area contributed by atoms with E-state index in [2.05, 4.69) is 30.6 Å². The molecule has 2 rings (SSSR count). The summed E-state index contributed by atoms with van der Waals surface area (Å²) in [4.78, 5) is 4.69. The molecule has 0 radical (unpaired) electrons. The van der Waals surface area contributed by atoms with E-state index >= 15 is 0 Å². The minimum atomic E-state index is -1.01. The quantitative estimate of drug-likeness (QED) is 0.709. The first-order valence-electron chi connectivity index (χ1n) is 8.68. The van der Waals surface area contributed by atoms with Crippen LogP contribution < -0.4 is 0 Å². The summed E-state index contributed by atoms with van der Waals surface area (Å²) in [7, 11) is 0. The summed E-state index contributed by atoms with van der Waals surface area (Å²) >= 11 is 0. The molecule has 22 heavy (non-hydrogen) atoms. The van der Waals surface area contributed by atoms with E-state index in [9.17, 15) is 15.3 Å². The van der Waals surface area contributed by atoms with Crippen LogP contribution in [-0.4, -0.2) is 82.2 Å². The number of hydrogen-bond donors (Lipinski definition) is 3. The van der Waals surface area contributed by atoms with Crippen molar-refractivity contribution in [3.05, 3.63) is 0 Å². The molecule has 2 saturated heterocycles. The summed E-state index contributed by atoms with van der Waals surface area (Å²) < 4.78 is 0. The third-order valence-corrected chi connectivity index (χ3v) is 5.13. The molecule has 3 N–H and O–H groups in total. The van der Waals surface area contributed by atoms with Crippen LogP contribution in [0.3, 0.4) is 0 Å². The maximum atomic E-state index is 10.0. The molecule has 2 aliphatic heterocycles. The average Bonchev–Trinajstić information content (AvgIpc) is 2.43. The van der Waals surface area contributed by atoms with Gasteiger partial charge in [0, 0.05) is 25.7 Å². The van der Waals surface area contributed by atoms with E-state index in [1.165, 1.54) is 12.8 Å². The topological polar surface area (TPSA) is 67.2 Å². The van der Waals surface area contributed by atoms with Crippen molar-refractivity contribution in [3.63, 3.8) is 0 Å². The molecule has 2 fully saturated rings. The Labute approximate surface area is 134 Å². The fourth-order valence-electron chi connectivity index (χ4n) is 3.81. The molecule has 5 heteroatoms. The monoisotopic (exact) mass is 314 g/mol. The normalized spacial score (nSPS) is 36.7. The molecule has 0 spiro atoms. The van der Waals surface area contributed by atoms with E-state index in [-0.39, 0.29) is 6.04 Å². The zero-order chi connectivity index (χ0) is 16.5. The fraction of sp³-hybridized carbons (Fsp3) is 1.00. The van der Waals surface area contributed by atoms with Crippen molar-refractivity contribution < 1.29 is 15.3 Å². The van der Waals surface area contributed by atoms with Crippen molar-refractivity contribution in [1.82, 2.24) is 9.80 Å². The molecule has 5 nitrogen and oxygen atoms in total. The van der Waals surface area contributed by atoms with Gasteiger partial charge in [0.1, 0.15) is 6.10 Å². The lowest BCUT2D eigenvalue weighted by Gasteiger charge is -2.45. The largest absolute Gasteiger partial charge is 0.389 e. The molecular weight excluding hydrogens is 280 g/mol. The Morgan fingerprint density at radius 1 is 1.00 bits per heavy atom. The van der Waals surface area contributed by atoms with Gasteiger partial charge < -0.3 is 20.2 Å². The SMILES string of the molecule is C[C@@H]1[C@@H](O)[C@H](O)[C@@H](O)CN1CC1CCN(CC(C)(C)C)CC1. The van der Waals surface area contributed by atoms with Crippen LogP contribution in [0.5, 0.6) is 0 Å². The number of nitrogens with zero attached hydrogens (tertiary/aromatic N) is 2. The Balaban J connectivity index is 1.81. The van der Waals surface area contributed by atoms with Crippen LogP contribution in [0.4, 0.5) is 0 Å². The van der Waals surface area contributed by atoms with Gasteiger partial charge in [0.15, 0.2) is 0 Å². The third kappa shape index (κ3) is 4.65. The van der Waals surface area contributed by atoms with Gasteiger partial charge in [-0.05, 0) is 44.2 Å². The standard InChI is InChI=1S/C17H34N2O3/c1-12-15(21)16(22)14(20)10-19(12)9-13-5-7-18(8-6-13)11-17(2,3)4/h12-16,20-22H,5-11H2,1-4H3/t12-,14+,15-,16-/m1/s1. The van der Waals surface area contributed by atoms with Crippen molar-refractivity contribution in [2.24, 2.45) is 11.3 Å². The van der Waals surface area contributed by atoms with Crippen LogP contribution >= 0.6 is 0 Å². The van der Waals surface area contributed by atoms with E-state index in [0.717, 1.165) is 26.2 Å². The molecule has 0 aliphatic carbocycles. The summed E-state index contributed by atoms with van der Waals surface area (Å²) in [5.74, 6) is 0.619. The summed E-state index contributed by atoms with van der Waals surface area (Å²) in [6, 6.07) is -0.0917.